The third-order valence-corrected chi connectivity index (χ3v) is 4.45. The fraction of sp³-hybridized carbons (Fsp3) is 0.278. The molecular formula is C18H19Cl2NO4. The molecule has 0 saturated heterocycles. The minimum absolute atomic E-state index is 0.180. The van der Waals surface area contributed by atoms with Crippen molar-refractivity contribution in [2.45, 2.75) is 12.8 Å². The first kappa shape index (κ1) is 19.2. The molecular weight excluding hydrogens is 365 g/mol. The van der Waals surface area contributed by atoms with Crippen molar-refractivity contribution in [3.8, 4) is 17.2 Å². The summed E-state index contributed by atoms with van der Waals surface area (Å²) in [6, 6.07) is 8.71. The number of rotatable bonds is 7. The summed E-state index contributed by atoms with van der Waals surface area (Å²) in [4.78, 5) is 12.2. The molecule has 2 rings (SSSR count). The summed E-state index contributed by atoms with van der Waals surface area (Å²) in [5.41, 5.74) is 1.32. The van der Waals surface area contributed by atoms with E-state index in [1.165, 1.54) is 7.11 Å². The number of carbonyl (C=O) groups is 1. The molecule has 0 aliphatic rings. The third-order valence-electron chi connectivity index (χ3n) is 3.63. The third kappa shape index (κ3) is 4.50. The number of methoxy groups -OCH3 is 3. The van der Waals surface area contributed by atoms with Crippen LogP contribution in [0.1, 0.15) is 12.0 Å². The van der Waals surface area contributed by atoms with E-state index in [1.54, 1.807) is 38.5 Å². The van der Waals surface area contributed by atoms with E-state index in [9.17, 15) is 4.79 Å². The Morgan fingerprint density at radius 1 is 1.00 bits per heavy atom. The molecule has 7 heteroatoms. The van der Waals surface area contributed by atoms with Crippen LogP contribution >= 0.6 is 23.2 Å². The second kappa shape index (κ2) is 8.83. The number of hydrogen-bond acceptors (Lipinski definition) is 4. The molecule has 0 bridgehead atoms. The van der Waals surface area contributed by atoms with Crippen LogP contribution in [0.3, 0.4) is 0 Å². The Balaban J connectivity index is 2.10. The lowest BCUT2D eigenvalue weighted by Crippen LogP contribution is -2.13. The first-order chi connectivity index (χ1) is 12.0. The van der Waals surface area contributed by atoms with E-state index in [-0.39, 0.29) is 12.3 Å². The van der Waals surface area contributed by atoms with Gasteiger partial charge in [-0.1, -0.05) is 35.3 Å². The summed E-state index contributed by atoms with van der Waals surface area (Å²) in [5, 5.41) is 3.47. The van der Waals surface area contributed by atoms with E-state index < -0.39 is 0 Å². The zero-order valence-electron chi connectivity index (χ0n) is 14.2. The molecule has 0 aliphatic heterocycles. The molecule has 0 aliphatic carbocycles. The van der Waals surface area contributed by atoms with Crippen molar-refractivity contribution >= 4 is 34.8 Å². The second-order valence-corrected chi connectivity index (χ2v) is 5.93. The summed E-state index contributed by atoms with van der Waals surface area (Å²) >= 11 is 12.0. The van der Waals surface area contributed by atoms with E-state index in [1.807, 2.05) is 6.07 Å². The fourth-order valence-electron chi connectivity index (χ4n) is 2.42. The van der Waals surface area contributed by atoms with Gasteiger partial charge in [0.2, 0.25) is 11.7 Å². The van der Waals surface area contributed by atoms with Crippen molar-refractivity contribution in [1.29, 1.82) is 0 Å². The van der Waals surface area contributed by atoms with Crippen LogP contribution in [0.4, 0.5) is 5.69 Å². The van der Waals surface area contributed by atoms with Crippen LogP contribution in [0, 0.1) is 0 Å². The van der Waals surface area contributed by atoms with Crippen LogP contribution in [0.5, 0.6) is 17.2 Å². The predicted molar refractivity (Wildman–Crippen MR) is 99.5 cm³/mol. The van der Waals surface area contributed by atoms with Gasteiger partial charge in [-0.25, -0.2) is 0 Å². The van der Waals surface area contributed by atoms with Gasteiger partial charge in [-0.2, -0.15) is 0 Å². The Morgan fingerprint density at radius 3 is 2.36 bits per heavy atom. The maximum atomic E-state index is 12.2. The van der Waals surface area contributed by atoms with Gasteiger partial charge in [-0.05, 0) is 30.2 Å². The summed E-state index contributed by atoms with van der Waals surface area (Å²) in [6.07, 6.45) is 0.711. The Kier molecular flexibility index (Phi) is 6.79. The van der Waals surface area contributed by atoms with Crippen molar-refractivity contribution in [3.05, 3.63) is 45.9 Å². The quantitative estimate of drug-likeness (QED) is 0.759. The number of nitrogens with one attached hydrogen (secondary N) is 1. The number of aryl methyl sites for hydroxylation is 1. The number of amides is 1. The first-order valence-electron chi connectivity index (χ1n) is 7.53. The number of benzene rings is 2. The van der Waals surface area contributed by atoms with Crippen LogP contribution in [0.15, 0.2) is 30.3 Å². The number of halogens is 2. The van der Waals surface area contributed by atoms with E-state index in [0.29, 0.717) is 39.4 Å². The average molecular weight is 384 g/mol. The van der Waals surface area contributed by atoms with Crippen molar-refractivity contribution < 1.29 is 19.0 Å². The number of carbonyl (C=O) groups excluding carboxylic acids is 1. The standard InChI is InChI=1S/C18H19Cl2NO4/c1-23-14-9-7-11(17(24-2)18(14)25-3)8-10-15(22)21-13-6-4-5-12(19)16(13)20/h4-7,9H,8,10H2,1-3H3,(H,21,22). The maximum Gasteiger partial charge on any atom is 0.224 e. The first-order valence-corrected chi connectivity index (χ1v) is 8.29. The number of hydrogen-bond donors (Lipinski definition) is 1. The SMILES string of the molecule is COc1ccc(CCC(=O)Nc2cccc(Cl)c2Cl)c(OC)c1OC. The largest absolute Gasteiger partial charge is 0.493 e. The summed E-state index contributed by atoms with van der Waals surface area (Å²) < 4.78 is 16.0. The highest BCUT2D eigenvalue weighted by Crippen LogP contribution is 2.40. The normalized spacial score (nSPS) is 10.3. The Morgan fingerprint density at radius 2 is 1.72 bits per heavy atom. The van der Waals surface area contributed by atoms with Gasteiger partial charge in [0.25, 0.3) is 0 Å². The van der Waals surface area contributed by atoms with Crippen LogP contribution in [-0.2, 0) is 11.2 Å². The predicted octanol–water partition coefficient (Wildman–Crippen LogP) is 4.59. The molecule has 0 fully saturated rings. The van der Waals surface area contributed by atoms with Gasteiger partial charge in [0.05, 0.1) is 37.1 Å². The zero-order valence-corrected chi connectivity index (χ0v) is 15.7. The molecule has 134 valence electrons. The van der Waals surface area contributed by atoms with E-state index in [0.717, 1.165) is 5.56 Å². The Bertz CT molecular complexity index is 765. The van der Waals surface area contributed by atoms with Gasteiger partial charge < -0.3 is 19.5 Å². The van der Waals surface area contributed by atoms with Crippen molar-refractivity contribution in [1.82, 2.24) is 0 Å². The van der Waals surface area contributed by atoms with Crippen molar-refractivity contribution in [3.63, 3.8) is 0 Å². The monoisotopic (exact) mass is 383 g/mol. The van der Waals surface area contributed by atoms with Gasteiger partial charge in [-0.15, -0.1) is 0 Å². The molecule has 2 aromatic rings. The van der Waals surface area contributed by atoms with E-state index in [2.05, 4.69) is 5.32 Å². The Hall–Kier alpha value is -2.11. The summed E-state index contributed by atoms with van der Waals surface area (Å²) in [5.74, 6) is 1.44. The molecule has 2 aromatic carbocycles. The molecule has 0 radical (unpaired) electrons. The number of anilines is 1. The highest BCUT2D eigenvalue weighted by atomic mass is 35.5. The molecule has 0 atom stereocenters. The van der Waals surface area contributed by atoms with E-state index >= 15 is 0 Å². The molecule has 1 N–H and O–H groups in total. The molecule has 0 aromatic heterocycles. The lowest BCUT2D eigenvalue weighted by molar-refractivity contribution is -0.116. The van der Waals surface area contributed by atoms with Crippen LogP contribution < -0.4 is 19.5 Å². The van der Waals surface area contributed by atoms with Gasteiger partial charge >= 0.3 is 0 Å². The van der Waals surface area contributed by atoms with E-state index in [4.69, 9.17) is 37.4 Å². The van der Waals surface area contributed by atoms with Gasteiger partial charge in [0.15, 0.2) is 11.5 Å². The minimum Gasteiger partial charge on any atom is -0.493 e. The molecule has 25 heavy (non-hydrogen) atoms. The van der Waals surface area contributed by atoms with Crippen LogP contribution in [-0.4, -0.2) is 27.2 Å². The topological polar surface area (TPSA) is 56.8 Å². The summed E-state index contributed by atoms with van der Waals surface area (Å²) in [6.45, 7) is 0. The smallest absolute Gasteiger partial charge is 0.224 e. The molecule has 0 saturated carbocycles. The summed E-state index contributed by atoms with van der Waals surface area (Å²) in [7, 11) is 4.64. The van der Waals surface area contributed by atoms with Gasteiger partial charge in [0.1, 0.15) is 0 Å². The average Bonchev–Trinajstić information content (AvgIpc) is 2.62. The molecule has 0 spiro atoms. The highest BCUT2D eigenvalue weighted by Gasteiger charge is 2.17. The fourth-order valence-corrected chi connectivity index (χ4v) is 2.77. The second-order valence-electron chi connectivity index (χ2n) is 5.14. The highest BCUT2D eigenvalue weighted by molar-refractivity contribution is 6.43. The lowest BCUT2D eigenvalue weighted by Gasteiger charge is -2.15. The maximum absolute atomic E-state index is 12.2. The lowest BCUT2D eigenvalue weighted by atomic mass is 10.1. The Labute approximate surface area is 156 Å². The van der Waals surface area contributed by atoms with Crippen LogP contribution in [0.2, 0.25) is 10.0 Å². The molecule has 1 amide bonds. The molecule has 0 unspecified atom stereocenters. The van der Waals surface area contributed by atoms with Gasteiger partial charge in [-0.3, -0.25) is 4.79 Å². The molecule has 5 nitrogen and oxygen atoms in total. The zero-order chi connectivity index (χ0) is 18.4. The van der Waals surface area contributed by atoms with Crippen LogP contribution in [0.25, 0.3) is 0 Å². The molecule has 0 heterocycles. The van der Waals surface area contributed by atoms with Gasteiger partial charge in [0, 0.05) is 6.42 Å². The minimum atomic E-state index is -0.180. The number of ether oxygens (including phenoxy) is 3. The van der Waals surface area contributed by atoms with Crippen molar-refractivity contribution in [2.24, 2.45) is 0 Å². The van der Waals surface area contributed by atoms with Crippen molar-refractivity contribution in [2.75, 3.05) is 26.6 Å².